The molecule has 2 aliphatic rings. The molecular weight excluding hydrogens is 315 g/mol. The second-order valence-electron chi connectivity index (χ2n) is 6.52. The highest BCUT2D eigenvalue weighted by atomic mass is 35.5. The molecule has 1 aromatic rings. The Hall–Kier alpha value is -1.13. The van der Waals surface area contributed by atoms with Crippen molar-refractivity contribution in [3.8, 4) is 0 Å². The summed E-state index contributed by atoms with van der Waals surface area (Å²) < 4.78 is 14.6. The normalized spacial score (nSPS) is 19.0. The van der Waals surface area contributed by atoms with Crippen LogP contribution < -0.4 is 10.6 Å². The summed E-state index contributed by atoms with van der Waals surface area (Å²) in [5.41, 5.74) is 2.12. The summed E-state index contributed by atoms with van der Waals surface area (Å²) in [5.74, 6) is -0.203. The first-order chi connectivity index (χ1) is 10.8. The quantitative estimate of drug-likeness (QED) is 0.847. The average molecular weight is 341 g/mol. The summed E-state index contributed by atoms with van der Waals surface area (Å²) in [6.07, 6.45) is 8.47. The molecule has 1 heterocycles. The Bertz CT molecular complexity index is 542. The zero-order chi connectivity index (χ0) is 15.4. The van der Waals surface area contributed by atoms with E-state index >= 15 is 0 Å². The Kier molecular flexibility index (Phi) is 6.85. The lowest BCUT2D eigenvalue weighted by molar-refractivity contribution is -0.120. The Morgan fingerprint density at radius 3 is 2.57 bits per heavy atom. The Balaban J connectivity index is 0.00000192. The van der Waals surface area contributed by atoms with Gasteiger partial charge in [0.2, 0.25) is 5.91 Å². The van der Waals surface area contributed by atoms with Crippen molar-refractivity contribution in [3.05, 3.63) is 29.1 Å². The number of fused-ring (bicyclic) bond motifs is 1. The van der Waals surface area contributed by atoms with Gasteiger partial charge >= 0.3 is 0 Å². The fraction of sp³-hybridized carbons (Fsp3) is 0.611. The van der Waals surface area contributed by atoms with Gasteiger partial charge in [-0.3, -0.25) is 4.79 Å². The highest BCUT2D eigenvalue weighted by Crippen LogP contribution is 2.27. The molecule has 1 aliphatic heterocycles. The molecule has 3 nitrogen and oxygen atoms in total. The number of anilines is 1. The van der Waals surface area contributed by atoms with Gasteiger partial charge in [-0.25, -0.2) is 4.39 Å². The van der Waals surface area contributed by atoms with Crippen molar-refractivity contribution >= 4 is 24.0 Å². The third-order valence-corrected chi connectivity index (χ3v) is 4.94. The molecule has 2 N–H and O–H groups in total. The van der Waals surface area contributed by atoms with Gasteiger partial charge in [0.1, 0.15) is 5.82 Å². The first-order valence-corrected chi connectivity index (χ1v) is 8.57. The number of amides is 1. The van der Waals surface area contributed by atoms with Crippen molar-refractivity contribution in [3.63, 3.8) is 0 Å². The highest BCUT2D eigenvalue weighted by molar-refractivity contribution is 5.92. The van der Waals surface area contributed by atoms with Crippen LogP contribution in [-0.4, -0.2) is 12.5 Å². The third kappa shape index (κ3) is 4.45. The van der Waals surface area contributed by atoms with Gasteiger partial charge in [-0.15, -0.1) is 12.4 Å². The SMILES string of the molecule is Cl.O=C(Nc1ccc2c(c1F)CCNC2)C1CCCCCCC1. The van der Waals surface area contributed by atoms with Crippen molar-refractivity contribution in [2.24, 2.45) is 5.92 Å². The van der Waals surface area contributed by atoms with Gasteiger partial charge < -0.3 is 10.6 Å². The fourth-order valence-corrected chi connectivity index (χ4v) is 3.58. The lowest BCUT2D eigenvalue weighted by Crippen LogP contribution is -2.27. The summed E-state index contributed by atoms with van der Waals surface area (Å²) in [5, 5.41) is 6.08. The summed E-state index contributed by atoms with van der Waals surface area (Å²) in [6.45, 7) is 1.51. The van der Waals surface area contributed by atoms with Gasteiger partial charge in [0.25, 0.3) is 0 Å². The summed E-state index contributed by atoms with van der Waals surface area (Å²) in [7, 11) is 0. The zero-order valence-electron chi connectivity index (χ0n) is 13.5. The van der Waals surface area contributed by atoms with Crippen LogP contribution in [0.15, 0.2) is 12.1 Å². The molecule has 0 radical (unpaired) electrons. The van der Waals surface area contributed by atoms with Crippen LogP contribution in [0.3, 0.4) is 0 Å². The van der Waals surface area contributed by atoms with E-state index in [9.17, 15) is 9.18 Å². The first-order valence-electron chi connectivity index (χ1n) is 8.57. The molecule has 0 atom stereocenters. The minimum Gasteiger partial charge on any atom is -0.323 e. The largest absolute Gasteiger partial charge is 0.323 e. The number of hydrogen-bond donors (Lipinski definition) is 2. The topological polar surface area (TPSA) is 41.1 Å². The second kappa shape index (κ2) is 8.65. The van der Waals surface area contributed by atoms with Crippen LogP contribution in [0, 0.1) is 11.7 Å². The number of hydrogen-bond acceptors (Lipinski definition) is 2. The van der Waals surface area contributed by atoms with E-state index in [4.69, 9.17) is 0 Å². The van der Waals surface area contributed by atoms with Gasteiger partial charge in [-0.1, -0.05) is 38.2 Å². The lowest BCUT2D eigenvalue weighted by atomic mass is 9.90. The maximum absolute atomic E-state index is 14.6. The van der Waals surface area contributed by atoms with E-state index in [1.165, 1.54) is 19.3 Å². The van der Waals surface area contributed by atoms with Crippen LogP contribution in [0.1, 0.15) is 56.1 Å². The van der Waals surface area contributed by atoms with Crippen molar-refractivity contribution in [2.75, 3.05) is 11.9 Å². The number of carbonyl (C=O) groups excluding carboxylic acids is 1. The number of benzene rings is 1. The highest BCUT2D eigenvalue weighted by Gasteiger charge is 2.22. The molecule has 0 bridgehead atoms. The van der Waals surface area contributed by atoms with Crippen molar-refractivity contribution < 1.29 is 9.18 Å². The van der Waals surface area contributed by atoms with Gasteiger partial charge in [-0.05, 0) is 43.0 Å². The molecule has 23 heavy (non-hydrogen) atoms. The summed E-state index contributed by atoms with van der Waals surface area (Å²) in [4.78, 5) is 12.5. The predicted octanol–water partition coefficient (Wildman–Crippen LogP) is 4.19. The molecule has 0 unspecified atom stereocenters. The molecule has 128 valence electrons. The average Bonchev–Trinajstić information content (AvgIpc) is 2.50. The number of carbonyl (C=O) groups is 1. The number of rotatable bonds is 2. The lowest BCUT2D eigenvalue weighted by Gasteiger charge is -2.22. The molecule has 0 aromatic heterocycles. The van der Waals surface area contributed by atoms with Crippen LogP contribution in [0.5, 0.6) is 0 Å². The third-order valence-electron chi connectivity index (χ3n) is 4.94. The molecule has 1 aliphatic carbocycles. The molecule has 3 rings (SSSR count). The van der Waals surface area contributed by atoms with E-state index in [0.717, 1.165) is 43.4 Å². The molecule has 5 heteroatoms. The Morgan fingerprint density at radius 2 is 1.83 bits per heavy atom. The number of halogens is 2. The van der Waals surface area contributed by atoms with E-state index in [0.29, 0.717) is 18.7 Å². The molecule has 0 saturated heterocycles. The van der Waals surface area contributed by atoms with E-state index in [-0.39, 0.29) is 30.0 Å². The Labute approximate surface area is 143 Å². The van der Waals surface area contributed by atoms with Gasteiger partial charge in [0, 0.05) is 12.5 Å². The van der Waals surface area contributed by atoms with Gasteiger partial charge in [0.15, 0.2) is 0 Å². The zero-order valence-corrected chi connectivity index (χ0v) is 14.3. The van der Waals surface area contributed by atoms with Crippen LogP contribution in [0.2, 0.25) is 0 Å². The van der Waals surface area contributed by atoms with Crippen LogP contribution >= 0.6 is 12.4 Å². The van der Waals surface area contributed by atoms with Crippen LogP contribution in [0.4, 0.5) is 10.1 Å². The second-order valence-corrected chi connectivity index (χ2v) is 6.52. The smallest absolute Gasteiger partial charge is 0.227 e. The van der Waals surface area contributed by atoms with Crippen molar-refractivity contribution in [1.29, 1.82) is 0 Å². The fourth-order valence-electron chi connectivity index (χ4n) is 3.58. The molecule has 1 saturated carbocycles. The standard InChI is InChI=1S/C18H25FN2O.ClH/c19-17-15-10-11-20-12-14(15)8-9-16(17)21-18(22)13-6-4-2-1-3-5-7-13;/h8-9,13,20H,1-7,10-12H2,(H,21,22);1H. The molecule has 1 fully saturated rings. The van der Waals surface area contributed by atoms with Gasteiger partial charge in [-0.2, -0.15) is 0 Å². The maximum atomic E-state index is 14.6. The van der Waals surface area contributed by atoms with Gasteiger partial charge in [0.05, 0.1) is 5.69 Å². The number of nitrogens with one attached hydrogen (secondary N) is 2. The maximum Gasteiger partial charge on any atom is 0.227 e. The van der Waals surface area contributed by atoms with Crippen molar-refractivity contribution in [1.82, 2.24) is 5.32 Å². The first kappa shape index (κ1) is 18.2. The van der Waals surface area contributed by atoms with E-state index in [1.54, 1.807) is 6.07 Å². The molecule has 0 spiro atoms. The van der Waals surface area contributed by atoms with E-state index in [1.807, 2.05) is 6.07 Å². The van der Waals surface area contributed by atoms with E-state index < -0.39 is 0 Å². The van der Waals surface area contributed by atoms with Crippen molar-refractivity contribution in [2.45, 2.75) is 57.9 Å². The molecule has 1 aromatic carbocycles. The monoisotopic (exact) mass is 340 g/mol. The van der Waals surface area contributed by atoms with Crippen LogP contribution in [-0.2, 0) is 17.8 Å². The predicted molar refractivity (Wildman–Crippen MR) is 93.5 cm³/mol. The Morgan fingerprint density at radius 1 is 1.13 bits per heavy atom. The van der Waals surface area contributed by atoms with Crippen LogP contribution in [0.25, 0.3) is 0 Å². The minimum absolute atomic E-state index is 0. The molecular formula is C18H26ClFN2O. The summed E-state index contributed by atoms with van der Waals surface area (Å²) in [6, 6.07) is 3.64. The van der Waals surface area contributed by atoms with E-state index in [2.05, 4.69) is 10.6 Å². The molecule has 1 amide bonds. The minimum atomic E-state index is -0.238. The summed E-state index contributed by atoms with van der Waals surface area (Å²) >= 11 is 0.